The van der Waals surface area contributed by atoms with Crippen molar-refractivity contribution < 1.29 is 24.3 Å². The molecule has 0 aromatic heterocycles. The van der Waals surface area contributed by atoms with E-state index in [9.17, 15) is 10.0 Å². The van der Waals surface area contributed by atoms with Crippen molar-refractivity contribution >= 4 is 26.1 Å². The Balaban J connectivity index is 0.00000225. The number of nitrogens with zero attached hydrogens (tertiary/aromatic N) is 2. The largest absolute Gasteiger partial charge is 0.465 e. The van der Waals surface area contributed by atoms with E-state index in [-0.39, 0.29) is 19.5 Å². The van der Waals surface area contributed by atoms with Crippen LogP contribution in [0, 0.1) is 11.3 Å². The minimum atomic E-state index is -0.623. The van der Waals surface area contributed by atoms with Crippen molar-refractivity contribution in [3.05, 3.63) is 59.4 Å². The molecule has 3 rings (SSSR count). The van der Waals surface area contributed by atoms with Crippen LogP contribution < -0.4 is 9.96 Å². The minimum absolute atomic E-state index is 0. The number of benzene rings is 2. The summed E-state index contributed by atoms with van der Waals surface area (Å²) in [6.45, 7) is 0. The Kier molecular flexibility index (Phi) is 5.32. The highest BCUT2D eigenvalue weighted by molar-refractivity contribution is 5.92. The smallest absolute Gasteiger partial charge is 0.339 e. The Morgan fingerprint density at radius 2 is 2.12 bits per heavy atom. The highest BCUT2D eigenvalue weighted by Gasteiger charge is 2.18. The number of carbonyl (C=O) groups excluding carboxylic acids is 1. The first-order valence-corrected chi connectivity index (χ1v) is 6.89. The molecule has 0 unspecified atom stereocenters. The first-order chi connectivity index (χ1) is 11.6. The standard InChI is InChI=1S/C17H12N2O5.B/c1-22-17(20)14-9-12(6-5-11(14)10-18)24-16-4-2-3-15-13(16)7-8-23-19(15)21;/h2-9,21H,1H3;. The zero-order valence-electron chi connectivity index (χ0n) is 13.2. The van der Waals surface area contributed by atoms with Crippen LogP contribution in [0.5, 0.6) is 11.5 Å². The van der Waals surface area contributed by atoms with Gasteiger partial charge in [-0.05, 0) is 36.4 Å². The normalized spacial score (nSPS) is 11.5. The maximum Gasteiger partial charge on any atom is 0.339 e. The van der Waals surface area contributed by atoms with Gasteiger partial charge in [0.15, 0.2) is 0 Å². The summed E-state index contributed by atoms with van der Waals surface area (Å²) in [4.78, 5) is 16.6. The average Bonchev–Trinajstić information content (AvgIpc) is 2.62. The topological polar surface area (TPSA) is 92.0 Å². The zero-order chi connectivity index (χ0) is 17.1. The van der Waals surface area contributed by atoms with E-state index in [1.54, 1.807) is 30.3 Å². The molecule has 123 valence electrons. The third-order valence-electron chi connectivity index (χ3n) is 3.39. The van der Waals surface area contributed by atoms with Gasteiger partial charge in [0.2, 0.25) is 0 Å². The van der Waals surface area contributed by atoms with Crippen LogP contribution in [-0.2, 0) is 9.57 Å². The lowest BCUT2D eigenvalue weighted by molar-refractivity contribution is 0.0133. The fourth-order valence-electron chi connectivity index (χ4n) is 2.26. The third kappa shape index (κ3) is 3.41. The van der Waals surface area contributed by atoms with Crippen molar-refractivity contribution in [2.45, 2.75) is 0 Å². The van der Waals surface area contributed by atoms with Crippen LogP contribution >= 0.6 is 0 Å². The van der Waals surface area contributed by atoms with Gasteiger partial charge in [0.1, 0.15) is 29.5 Å². The molecule has 0 saturated carbocycles. The summed E-state index contributed by atoms with van der Waals surface area (Å²) in [5.74, 6) is 0.181. The summed E-state index contributed by atoms with van der Waals surface area (Å²) in [7, 11) is 1.24. The second-order valence-corrected chi connectivity index (χ2v) is 4.78. The number of ether oxygens (including phenoxy) is 2. The van der Waals surface area contributed by atoms with Gasteiger partial charge in [-0.25, -0.2) is 4.79 Å². The van der Waals surface area contributed by atoms with E-state index in [2.05, 4.69) is 4.74 Å². The van der Waals surface area contributed by atoms with Crippen LogP contribution in [0.2, 0.25) is 0 Å². The van der Waals surface area contributed by atoms with Crippen molar-refractivity contribution in [1.82, 2.24) is 0 Å². The summed E-state index contributed by atoms with van der Waals surface area (Å²) in [6, 6.07) is 11.5. The van der Waals surface area contributed by atoms with Gasteiger partial charge in [0.05, 0.1) is 18.2 Å². The number of esters is 1. The second kappa shape index (κ2) is 7.42. The molecule has 0 aliphatic carbocycles. The predicted molar refractivity (Wildman–Crippen MR) is 89.2 cm³/mol. The van der Waals surface area contributed by atoms with Gasteiger partial charge in [-0.1, -0.05) is 11.3 Å². The fourth-order valence-corrected chi connectivity index (χ4v) is 2.26. The Morgan fingerprint density at radius 1 is 1.32 bits per heavy atom. The number of rotatable bonds is 3. The molecular formula is C17H12BN2O5. The predicted octanol–water partition coefficient (Wildman–Crippen LogP) is 2.87. The summed E-state index contributed by atoms with van der Waals surface area (Å²) in [5, 5.41) is 19.4. The molecule has 2 aromatic carbocycles. The van der Waals surface area contributed by atoms with Crippen LogP contribution in [0.15, 0.2) is 42.7 Å². The second-order valence-electron chi connectivity index (χ2n) is 4.78. The minimum Gasteiger partial charge on any atom is -0.465 e. The first-order valence-electron chi connectivity index (χ1n) is 6.89. The average molecular weight is 335 g/mol. The number of anilines is 1. The van der Waals surface area contributed by atoms with E-state index in [1.807, 2.05) is 6.07 Å². The molecule has 0 bridgehead atoms. The molecule has 8 heteroatoms. The van der Waals surface area contributed by atoms with E-state index in [4.69, 9.17) is 14.8 Å². The Hall–Kier alpha value is -3.44. The number of nitriles is 1. The Labute approximate surface area is 145 Å². The molecule has 25 heavy (non-hydrogen) atoms. The first kappa shape index (κ1) is 17.9. The van der Waals surface area contributed by atoms with Gasteiger partial charge in [0, 0.05) is 14.0 Å². The van der Waals surface area contributed by atoms with Crippen LogP contribution in [-0.4, -0.2) is 26.7 Å². The number of methoxy groups -OCH3 is 1. The molecule has 7 nitrogen and oxygen atoms in total. The molecule has 0 atom stereocenters. The van der Waals surface area contributed by atoms with Gasteiger partial charge in [-0.15, -0.1) is 0 Å². The van der Waals surface area contributed by atoms with Crippen molar-refractivity contribution in [2.75, 3.05) is 12.3 Å². The summed E-state index contributed by atoms with van der Waals surface area (Å²) in [6.07, 6.45) is 2.95. The quantitative estimate of drug-likeness (QED) is 0.681. The molecule has 0 saturated heterocycles. The molecule has 1 aliphatic heterocycles. The monoisotopic (exact) mass is 335 g/mol. The Bertz CT molecular complexity index is 876. The van der Waals surface area contributed by atoms with E-state index >= 15 is 0 Å². The van der Waals surface area contributed by atoms with E-state index < -0.39 is 5.97 Å². The third-order valence-corrected chi connectivity index (χ3v) is 3.39. The zero-order valence-corrected chi connectivity index (χ0v) is 13.2. The molecular weight excluding hydrogens is 323 g/mol. The Morgan fingerprint density at radius 3 is 2.84 bits per heavy atom. The van der Waals surface area contributed by atoms with Crippen LogP contribution in [0.25, 0.3) is 6.08 Å². The summed E-state index contributed by atoms with van der Waals surface area (Å²) >= 11 is 0. The van der Waals surface area contributed by atoms with Crippen molar-refractivity contribution in [3.8, 4) is 17.6 Å². The van der Waals surface area contributed by atoms with Crippen molar-refractivity contribution in [3.63, 3.8) is 0 Å². The molecule has 0 amide bonds. The van der Waals surface area contributed by atoms with Gasteiger partial charge >= 0.3 is 5.97 Å². The van der Waals surface area contributed by atoms with Gasteiger partial charge in [-0.2, -0.15) is 5.26 Å². The van der Waals surface area contributed by atoms with E-state index in [0.29, 0.717) is 28.0 Å². The molecule has 1 heterocycles. The lowest BCUT2D eigenvalue weighted by atomic mass is 10.1. The molecule has 2 aromatic rings. The molecule has 0 spiro atoms. The molecule has 1 N–H and O–H groups in total. The van der Waals surface area contributed by atoms with Crippen molar-refractivity contribution in [2.24, 2.45) is 0 Å². The molecule has 3 radical (unpaired) electrons. The SMILES string of the molecule is COC(=O)c1cc(Oc2cccc3c2C=CON3O)ccc1C#N.[B]. The van der Waals surface area contributed by atoms with Gasteiger partial charge in [-0.3, -0.25) is 5.21 Å². The number of carbonyl (C=O) groups is 1. The lowest BCUT2D eigenvalue weighted by Gasteiger charge is -2.22. The maximum absolute atomic E-state index is 11.8. The summed E-state index contributed by atoms with van der Waals surface area (Å²) < 4.78 is 10.5. The van der Waals surface area contributed by atoms with E-state index in [1.165, 1.54) is 25.5 Å². The van der Waals surface area contributed by atoms with Gasteiger partial charge in [0.25, 0.3) is 0 Å². The maximum atomic E-state index is 11.8. The van der Waals surface area contributed by atoms with E-state index in [0.717, 1.165) is 0 Å². The number of hydrogen-bond acceptors (Lipinski definition) is 7. The summed E-state index contributed by atoms with van der Waals surface area (Å²) in [5.41, 5.74) is 1.33. The van der Waals surface area contributed by atoms with Gasteiger partial charge < -0.3 is 14.3 Å². The van der Waals surface area contributed by atoms with Crippen molar-refractivity contribution in [1.29, 1.82) is 5.26 Å². The van der Waals surface area contributed by atoms with Crippen LogP contribution in [0.1, 0.15) is 21.5 Å². The van der Waals surface area contributed by atoms with Crippen LogP contribution in [0.4, 0.5) is 5.69 Å². The lowest BCUT2D eigenvalue weighted by Crippen LogP contribution is -2.18. The molecule has 0 fully saturated rings. The highest BCUT2D eigenvalue weighted by Crippen LogP contribution is 2.36. The molecule has 1 aliphatic rings. The fraction of sp³-hybridized carbons (Fsp3) is 0.0588. The highest BCUT2D eigenvalue weighted by atomic mass is 16.9. The number of fused-ring (bicyclic) bond motifs is 1. The van der Waals surface area contributed by atoms with Crippen LogP contribution in [0.3, 0.4) is 0 Å². The number of hydrogen-bond donors (Lipinski definition) is 1.